The predicted octanol–water partition coefficient (Wildman–Crippen LogP) is 4.42. The van der Waals surface area contributed by atoms with Gasteiger partial charge in [-0.25, -0.2) is 0 Å². The van der Waals surface area contributed by atoms with Crippen molar-refractivity contribution < 1.29 is 9.59 Å². The van der Waals surface area contributed by atoms with Gasteiger partial charge in [0.25, 0.3) is 0 Å². The molecule has 2 aromatic carbocycles. The van der Waals surface area contributed by atoms with E-state index in [0.717, 1.165) is 10.2 Å². The summed E-state index contributed by atoms with van der Waals surface area (Å²) in [4.78, 5) is 23.6. The van der Waals surface area contributed by atoms with Gasteiger partial charge < -0.3 is 5.32 Å². The fourth-order valence-electron chi connectivity index (χ4n) is 1.78. The van der Waals surface area contributed by atoms with Gasteiger partial charge in [0.05, 0.1) is 4.83 Å². The van der Waals surface area contributed by atoms with Crippen LogP contribution in [0.2, 0.25) is 0 Å². The van der Waals surface area contributed by atoms with E-state index in [1.54, 1.807) is 36.4 Å². The predicted molar refractivity (Wildman–Crippen MR) is 90.9 cm³/mol. The molecule has 0 saturated carbocycles. The van der Waals surface area contributed by atoms with Gasteiger partial charge in [0.15, 0.2) is 5.78 Å². The highest BCUT2D eigenvalue weighted by Gasteiger charge is 2.20. The van der Waals surface area contributed by atoms with Gasteiger partial charge in [-0.3, -0.25) is 9.59 Å². The molecular formula is C16H13Br2NO2. The van der Waals surface area contributed by atoms with Crippen molar-refractivity contribution in [2.75, 3.05) is 5.32 Å². The Morgan fingerprint density at radius 2 is 1.62 bits per heavy atom. The third kappa shape index (κ3) is 4.79. The number of nitrogens with one attached hydrogen (secondary N) is 1. The molecule has 5 heteroatoms. The average Bonchev–Trinajstić information content (AvgIpc) is 2.48. The van der Waals surface area contributed by atoms with Crippen LogP contribution in [-0.4, -0.2) is 16.5 Å². The Balaban J connectivity index is 1.94. The number of hydrogen-bond donors (Lipinski definition) is 1. The first-order valence-corrected chi connectivity index (χ1v) is 8.06. The lowest BCUT2D eigenvalue weighted by atomic mass is 10.1. The second-order valence-electron chi connectivity index (χ2n) is 4.46. The molecule has 0 bridgehead atoms. The number of carbonyl (C=O) groups excluding carboxylic acids is 2. The third-order valence-electron chi connectivity index (χ3n) is 2.84. The maximum Gasteiger partial charge on any atom is 0.225 e. The Kier molecular flexibility index (Phi) is 5.70. The lowest BCUT2D eigenvalue weighted by molar-refractivity contribution is -0.116. The molecule has 1 atom stereocenters. The Hall–Kier alpha value is -1.46. The van der Waals surface area contributed by atoms with Gasteiger partial charge in [0, 0.05) is 22.1 Å². The minimum atomic E-state index is -0.539. The number of rotatable bonds is 5. The minimum absolute atomic E-state index is 0.0871. The largest absolute Gasteiger partial charge is 0.326 e. The molecule has 0 radical (unpaired) electrons. The number of hydrogen-bond acceptors (Lipinski definition) is 2. The number of ketones is 1. The number of anilines is 1. The van der Waals surface area contributed by atoms with Crippen LogP contribution in [0.4, 0.5) is 5.69 Å². The highest BCUT2D eigenvalue weighted by atomic mass is 79.9. The molecular weight excluding hydrogens is 398 g/mol. The summed E-state index contributed by atoms with van der Waals surface area (Å²) >= 11 is 6.61. The number of alkyl halides is 1. The van der Waals surface area contributed by atoms with Crippen molar-refractivity contribution in [1.29, 1.82) is 0 Å². The molecule has 0 aromatic heterocycles. The average molecular weight is 411 g/mol. The Labute approximate surface area is 140 Å². The van der Waals surface area contributed by atoms with E-state index in [9.17, 15) is 9.59 Å². The van der Waals surface area contributed by atoms with Crippen LogP contribution in [0.1, 0.15) is 16.8 Å². The summed E-state index contributed by atoms with van der Waals surface area (Å²) in [6, 6.07) is 16.2. The van der Waals surface area contributed by atoms with Crippen LogP contribution in [-0.2, 0) is 4.79 Å². The van der Waals surface area contributed by atoms with Crippen molar-refractivity contribution in [3.8, 4) is 0 Å². The van der Waals surface area contributed by atoms with Crippen LogP contribution in [0, 0.1) is 0 Å². The Morgan fingerprint density at radius 1 is 1.00 bits per heavy atom. The molecule has 0 aliphatic rings. The summed E-state index contributed by atoms with van der Waals surface area (Å²) in [6.07, 6.45) is 0.0871. The van der Waals surface area contributed by atoms with Crippen molar-refractivity contribution >= 4 is 49.2 Å². The fraction of sp³-hybridized carbons (Fsp3) is 0.125. The van der Waals surface area contributed by atoms with E-state index in [4.69, 9.17) is 0 Å². The standard InChI is InChI=1S/C16H13Br2NO2/c17-12-8-6-11(7-9-12)16(21)14(18)10-15(20)19-13-4-2-1-3-5-13/h1-9,14H,10H2,(H,19,20). The molecule has 0 aliphatic carbocycles. The second-order valence-corrected chi connectivity index (χ2v) is 6.48. The van der Waals surface area contributed by atoms with E-state index in [2.05, 4.69) is 37.2 Å². The monoisotopic (exact) mass is 409 g/mol. The zero-order valence-corrected chi connectivity index (χ0v) is 14.2. The summed E-state index contributed by atoms with van der Waals surface area (Å²) < 4.78 is 0.909. The molecule has 1 amide bonds. The van der Waals surface area contributed by atoms with Crippen molar-refractivity contribution in [2.24, 2.45) is 0 Å². The third-order valence-corrected chi connectivity index (χ3v) is 4.10. The minimum Gasteiger partial charge on any atom is -0.326 e. The van der Waals surface area contributed by atoms with E-state index in [-0.39, 0.29) is 18.1 Å². The molecule has 2 aromatic rings. The first kappa shape index (κ1) is 15.9. The van der Waals surface area contributed by atoms with Crippen molar-refractivity contribution in [1.82, 2.24) is 0 Å². The summed E-state index contributed by atoms with van der Waals surface area (Å²) in [7, 11) is 0. The highest BCUT2D eigenvalue weighted by Crippen LogP contribution is 2.17. The summed E-state index contributed by atoms with van der Waals surface area (Å²) in [5.41, 5.74) is 1.30. The first-order valence-electron chi connectivity index (χ1n) is 6.35. The van der Waals surface area contributed by atoms with Crippen LogP contribution in [0.15, 0.2) is 59.1 Å². The van der Waals surface area contributed by atoms with Crippen LogP contribution < -0.4 is 5.32 Å². The van der Waals surface area contributed by atoms with Gasteiger partial charge in [0.1, 0.15) is 0 Å². The van der Waals surface area contributed by atoms with Gasteiger partial charge >= 0.3 is 0 Å². The van der Waals surface area contributed by atoms with Crippen molar-refractivity contribution in [3.63, 3.8) is 0 Å². The van der Waals surface area contributed by atoms with Gasteiger partial charge in [-0.05, 0) is 24.3 Å². The molecule has 0 fully saturated rings. The van der Waals surface area contributed by atoms with Gasteiger partial charge in [-0.2, -0.15) is 0 Å². The van der Waals surface area contributed by atoms with Crippen molar-refractivity contribution in [2.45, 2.75) is 11.2 Å². The van der Waals surface area contributed by atoms with Gasteiger partial charge in [-0.1, -0.05) is 62.2 Å². The van der Waals surface area contributed by atoms with Crippen LogP contribution in [0.3, 0.4) is 0 Å². The van der Waals surface area contributed by atoms with Gasteiger partial charge in [0.2, 0.25) is 5.91 Å². The maximum absolute atomic E-state index is 12.2. The number of halogens is 2. The first-order chi connectivity index (χ1) is 10.1. The number of amides is 1. The molecule has 0 saturated heterocycles. The molecule has 108 valence electrons. The molecule has 1 unspecified atom stereocenters. The summed E-state index contributed by atoms with van der Waals surface area (Å²) in [5.74, 6) is -0.306. The van der Waals surface area contributed by atoms with E-state index in [1.165, 1.54) is 0 Å². The normalized spacial score (nSPS) is 11.7. The summed E-state index contributed by atoms with van der Waals surface area (Å²) in [6.45, 7) is 0. The number of para-hydroxylation sites is 1. The van der Waals surface area contributed by atoms with E-state index >= 15 is 0 Å². The molecule has 0 aliphatic heterocycles. The zero-order chi connectivity index (χ0) is 15.2. The molecule has 0 spiro atoms. The Bertz CT molecular complexity index is 626. The molecule has 2 rings (SSSR count). The number of Topliss-reactive ketones (excluding diaryl/α,β-unsaturated/α-hetero) is 1. The lowest BCUT2D eigenvalue weighted by Crippen LogP contribution is -2.22. The highest BCUT2D eigenvalue weighted by molar-refractivity contribution is 9.10. The van der Waals surface area contributed by atoms with E-state index in [0.29, 0.717) is 5.56 Å². The molecule has 0 heterocycles. The maximum atomic E-state index is 12.2. The smallest absolute Gasteiger partial charge is 0.225 e. The van der Waals surface area contributed by atoms with E-state index in [1.807, 2.05) is 18.2 Å². The van der Waals surface area contributed by atoms with E-state index < -0.39 is 4.83 Å². The van der Waals surface area contributed by atoms with Crippen molar-refractivity contribution in [3.05, 3.63) is 64.6 Å². The topological polar surface area (TPSA) is 46.2 Å². The Morgan fingerprint density at radius 3 is 2.24 bits per heavy atom. The van der Waals surface area contributed by atoms with Crippen LogP contribution in [0.5, 0.6) is 0 Å². The number of carbonyl (C=O) groups is 2. The SMILES string of the molecule is O=C(CC(Br)C(=O)c1ccc(Br)cc1)Nc1ccccc1. The zero-order valence-electron chi connectivity index (χ0n) is 11.1. The summed E-state index contributed by atoms with van der Waals surface area (Å²) in [5, 5.41) is 2.76. The quantitative estimate of drug-likeness (QED) is 0.585. The van der Waals surface area contributed by atoms with Crippen LogP contribution >= 0.6 is 31.9 Å². The molecule has 21 heavy (non-hydrogen) atoms. The number of benzene rings is 2. The fourth-order valence-corrected chi connectivity index (χ4v) is 2.61. The second kappa shape index (κ2) is 7.52. The van der Waals surface area contributed by atoms with Gasteiger partial charge in [-0.15, -0.1) is 0 Å². The molecule has 1 N–H and O–H groups in total. The molecule has 3 nitrogen and oxygen atoms in total. The van der Waals surface area contributed by atoms with Crippen LogP contribution in [0.25, 0.3) is 0 Å². The lowest BCUT2D eigenvalue weighted by Gasteiger charge is -2.10.